The van der Waals surface area contributed by atoms with E-state index in [0.717, 1.165) is 32.4 Å². The Morgan fingerprint density at radius 3 is 2.67 bits per heavy atom. The molecule has 0 saturated carbocycles. The first-order chi connectivity index (χ1) is 7.32. The second kappa shape index (κ2) is 3.32. The van der Waals surface area contributed by atoms with E-state index in [-0.39, 0.29) is 11.5 Å². The Labute approximate surface area is 90.3 Å². The van der Waals surface area contributed by atoms with Crippen LogP contribution in [0.3, 0.4) is 0 Å². The van der Waals surface area contributed by atoms with E-state index in [2.05, 4.69) is 23.5 Å². The molecule has 1 fully saturated rings. The second-order valence-corrected chi connectivity index (χ2v) is 4.89. The smallest absolute Gasteiger partial charge is 0.0853 e. The highest BCUT2D eigenvalue weighted by Crippen LogP contribution is 2.50. The monoisotopic (exact) mass is 203 g/mol. The van der Waals surface area contributed by atoms with Gasteiger partial charge in [0.05, 0.1) is 6.10 Å². The topological polar surface area (TPSA) is 32.3 Å². The van der Waals surface area contributed by atoms with Crippen molar-refractivity contribution in [1.82, 2.24) is 5.32 Å². The number of nitrogens with one attached hydrogen (secondary N) is 1. The van der Waals surface area contributed by atoms with E-state index in [9.17, 15) is 5.11 Å². The van der Waals surface area contributed by atoms with Crippen LogP contribution in [0.15, 0.2) is 24.3 Å². The maximum Gasteiger partial charge on any atom is 0.0853 e. The number of piperidine rings is 1. The summed E-state index contributed by atoms with van der Waals surface area (Å²) in [5.41, 5.74) is 2.65. The average molecular weight is 203 g/mol. The first-order valence-electron chi connectivity index (χ1n) is 5.78. The molecule has 2 heteroatoms. The van der Waals surface area contributed by atoms with Crippen molar-refractivity contribution >= 4 is 0 Å². The Hall–Kier alpha value is -0.860. The number of hydrogen-bond donors (Lipinski definition) is 2. The Morgan fingerprint density at radius 1 is 1.20 bits per heavy atom. The van der Waals surface area contributed by atoms with E-state index < -0.39 is 0 Å². The SMILES string of the molecule is OC1c2ccccc2CC12CCNCC2. The fraction of sp³-hybridized carbons (Fsp3) is 0.538. The highest BCUT2D eigenvalue weighted by Gasteiger charge is 2.45. The maximum atomic E-state index is 10.4. The molecule has 1 aliphatic heterocycles. The summed E-state index contributed by atoms with van der Waals surface area (Å²) >= 11 is 0. The minimum Gasteiger partial charge on any atom is -0.388 e. The minimum atomic E-state index is -0.240. The molecule has 0 radical (unpaired) electrons. The minimum absolute atomic E-state index is 0.134. The molecule has 1 aliphatic carbocycles. The summed E-state index contributed by atoms with van der Waals surface area (Å²) in [6.45, 7) is 2.09. The first-order valence-corrected chi connectivity index (χ1v) is 5.78. The van der Waals surface area contributed by atoms with E-state index in [1.165, 1.54) is 11.1 Å². The normalized spacial score (nSPS) is 27.9. The Kier molecular flexibility index (Phi) is 2.08. The number of aliphatic hydroxyl groups excluding tert-OH is 1. The lowest BCUT2D eigenvalue weighted by Crippen LogP contribution is -2.39. The molecule has 1 spiro atoms. The van der Waals surface area contributed by atoms with Crippen LogP contribution in [0.2, 0.25) is 0 Å². The fourth-order valence-electron chi connectivity index (χ4n) is 3.14. The van der Waals surface area contributed by atoms with Crippen molar-refractivity contribution in [2.24, 2.45) is 5.41 Å². The molecular formula is C13H17NO. The van der Waals surface area contributed by atoms with Crippen molar-refractivity contribution in [2.75, 3.05) is 13.1 Å². The lowest BCUT2D eigenvalue weighted by Gasteiger charge is -2.37. The summed E-state index contributed by atoms with van der Waals surface area (Å²) in [6, 6.07) is 8.35. The molecule has 1 aromatic rings. The van der Waals surface area contributed by atoms with Gasteiger partial charge in [0.25, 0.3) is 0 Å². The van der Waals surface area contributed by atoms with Crippen LogP contribution in [0.5, 0.6) is 0 Å². The number of hydrogen-bond acceptors (Lipinski definition) is 2. The summed E-state index contributed by atoms with van der Waals surface area (Å²) in [4.78, 5) is 0. The van der Waals surface area contributed by atoms with E-state index in [1.807, 2.05) is 6.07 Å². The van der Waals surface area contributed by atoms with Crippen molar-refractivity contribution in [3.8, 4) is 0 Å². The first kappa shape index (κ1) is 9.37. The molecule has 1 heterocycles. The van der Waals surface area contributed by atoms with Crippen LogP contribution < -0.4 is 5.32 Å². The molecule has 15 heavy (non-hydrogen) atoms. The third-order valence-corrected chi connectivity index (χ3v) is 4.07. The zero-order valence-corrected chi connectivity index (χ0v) is 8.87. The van der Waals surface area contributed by atoms with Crippen LogP contribution in [0.4, 0.5) is 0 Å². The van der Waals surface area contributed by atoms with Crippen LogP contribution >= 0.6 is 0 Å². The van der Waals surface area contributed by atoms with Crippen LogP contribution in [0, 0.1) is 5.41 Å². The van der Waals surface area contributed by atoms with Gasteiger partial charge in [-0.05, 0) is 43.5 Å². The van der Waals surface area contributed by atoms with Crippen molar-refractivity contribution < 1.29 is 5.11 Å². The van der Waals surface area contributed by atoms with E-state index >= 15 is 0 Å². The summed E-state index contributed by atoms with van der Waals surface area (Å²) in [6.07, 6.45) is 3.02. The second-order valence-electron chi connectivity index (χ2n) is 4.89. The number of fused-ring (bicyclic) bond motifs is 1. The molecule has 80 valence electrons. The number of benzene rings is 1. The quantitative estimate of drug-likeness (QED) is 0.672. The van der Waals surface area contributed by atoms with Crippen LogP contribution in [-0.2, 0) is 6.42 Å². The van der Waals surface area contributed by atoms with Crippen LogP contribution in [0.25, 0.3) is 0 Å². The molecule has 1 saturated heterocycles. The standard InChI is InChI=1S/C13H17NO/c15-12-11-4-2-1-3-10(11)9-13(12)5-7-14-8-6-13/h1-4,12,14-15H,5-9H2. The molecule has 0 aromatic heterocycles. The van der Waals surface area contributed by atoms with Gasteiger partial charge in [0.2, 0.25) is 0 Å². The van der Waals surface area contributed by atoms with E-state index in [1.54, 1.807) is 0 Å². The molecule has 0 amide bonds. The van der Waals surface area contributed by atoms with Gasteiger partial charge in [0.15, 0.2) is 0 Å². The maximum absolute atomic E-state index is 10.4. The van der Waals surface area contributed by atoms with Gasteiger partial charge in [-0.15, -0.1) is 0 Å². The zero-order chi connectivity index (χ0) is 10.3. The van der Waals surface area contributed by atoms with Crippen molar-refractivity contribution in [1.29, 1.82) is 0 Å². The lowest BCUT2D eigenvalue weighted by molar-refractivity contribution is 0.0150. The van der Waals surface area contributed by atoms with Gasteiger partial charge in [-0.25, -0.2) is 0 Å². The molecular weight excluding hydrogens is 186 g/mol. The van der Waals surface area contributed by atoms with Crippen molar-refractivity contribution in [3.05, 3.63) is 35.4 Å². The highest BCUT2D eigenvalue weighted by molar-refractivity contribution is 5.37. The third-order valence-electron chi connectivity index (χ3n) is 4.07. The Morgan fingerprint density at radius 2 is 1.93 bits per heavy atom. The predicted octanol–water partition coefficient (Wildman–Crippen LogP) is 1.65. The van der Waals surface area contributed by atoms with E-state index in [0.29, 0.717) is 0 Å². The summed E-state index contributed by atoms with van der Waals surface area (Å²) in [7, 11) is 0. The largest absolute Gasteiger partial charge is 0.388 e. The van der Waals surface area contributed by atoms with Gasteiger partial charge in [0.1, 0.15) is 0 Å². The molecule has 3 rings (SSSR count). The molecule has 1 aromatic carbocycles. The van der Waals surface area contributed by atoms with Gasteiger partial charge in [-0.1, -0.05) is 24.3 Å². The number of rotatable bonds is 0. The van der Waals surface area contributed by atoms with Crippen molar-refractivity contribution in [2.45, 2.75) is 25.4 Å². The molecule has 0 bridgehead atoms. The van der Waals surface area contributed by atoms with E-state index in [4.69, 9.17) is 0 Å². The van der Waals surface area contributed by atoms with Gasteiger partial charge in [-0.3, -0.25) is 0 Å². The molecule has 2 aliphatic rings. The van der Waals surface area contributed by atoms with Crippen LogP contribution in [0.1, 0.15) is 30.1 Å². The van der Waals surface area contributed by atoms with Gasteiger partial charge >= 0.3 is 0 Å². The average Bonchev–Trinajstić information content (AvgIpc) is 2.54. The molecule has 2 N–H and O–H groups in total. The van der Waals surface area contributed by atoms with Crippen LogP contribution in [-0.4, -0.2) is 18.2 Å². The summed E-state index contributed by atoms with van der Waals surface area (Å²) in [5.74, 6) is 0. The fourth-order valence-corrected chi connectivity index (χ4v) is 3.14. The molecule has 2 nitrogen and oxygen atoms in total. The van der Waals surface area contributed by atoms with Gasteiger partial charge < -0.3 is 10.4 Å². The Bertz CT molecular complexity index is 369. The lowest BCUT2D eigenvalue weighted by atomic mass is 9.74. The van der Waals surface area contributed by atoms with Gasteiger partial charge in [-0.2, -0.15) is 0 Å². The summed E-state index contributed by atoms with van der Waals surface area (Å²) in [5, 5.41) is 13.8. The van der Waals surface area contributed by atoms with Crippen molar-refractivity contribution in [3.63, 3.8) is 0 Å². The molecule has 1 unspecified atom stereocenters. The highest BCUT2D eigenvalue weighted by atomic mass is 16.3. The Balaban J connectivity index is 1.98. The zero-order valence-electron chi connectivity index (χ0n) is 8.87. The third kappa shape index (κ3) is 1.32. The predicted molar refractivity (Wildman–Crippen MR) is 59.6 cm³/mol. The molecule has 1 atom stereocenters. The number of aliphatic hydroxyl groups is 1. The van der Waals surface area contributed by atoms with Gasteiger partial charge in [0, 0.05) is 5.41 Å². The summed E-state index contributed by atoms with van der Waals surface area (Å²) < 4.78 is 0.